The van der Waals surface area contributed by atoms with Crippen LogP contribution < -0.4 is 20.7 Å². The number of carbonyl (C=O) groups excluding carboxylic acids is 1. The molecule has 0 spiro atoms. The molecule has 32 heavy (non-hydrogen) atoms. The first-order valence-electron chi connectivity index (χ1n) is 11.1. The van der Waals surface area contributed by atoms with Gasteiger partial charge in [0.15, 0.2) is 5.96 Å². The molecule has 0 aromatic heterocycles. The third kappa shape index (κ3) is 7.69. The van der Waals surface area contributed by atoms with Gasteiger partial charge in [0.1, 0.15) is 5.75 Å². The van der Waals surface area contributed by atoms with Gasteiger partial charge < -0.3 is 20.7 Å². The Kier molecular flexibility index (Phi) is 10.8. The van der Waals surface area contributed by atoms with Gasteiger partial charge in [-0.1, -0.05) is 30.7 Å². The number of benzene rings is 2. The maximum Gasteiger partial charge on any atom is 0.227 e. The molecular formula is C25H35IN4O2. The van der Waals surface area contributed by atoms with Crippen molar-refractivity contribution in [2.45, 2.75) is 46.1 Å². The number of anilines is 1. The number of halogens is 1. The van der Waals surface area contributed by atoms with Gasteiger partial charge in [-0.3, -0.25) is 4.79 Å². The fraction of sp³-hybridized carbons (Fsp3) is 0.440. The lowest BCUT2D eigenvalue weighted by Gasteiger charge is -2.24. The van der Waals surface area contributed by atoms with E-state index in [0.29, 0.717) is 6.54 Å². The zero-order chi connectivity index (χ0) is 22.1. The molecule has 7 heteroatoms. The van der Waals surface area contributed by atoms with E-state index in [1.54, 1.807) is 7.11 Å². The number of hydrogen-bond acceptors (Lipinski definition) is 3. The summed E-state index contributed by atoms with van der Waals surface area (Å²) < 4.78 is 5.41. The molecule has 0 atom stereocenters. The normalized spacial score (nSPS) is 13.5. The van der Waals surface area contributed by atoms with E-state index in [0.717, 1.165) is 67.3 Å². The first-order chi connectivity index (χ1) is 15.1. The number of nitrogens with one attached hydrogen (secondary N) is 3. The molecule has 0 unspecified atom stereocenters. The Balaban J connectivity index is 0.00000363. The maximum atomic E-state index is 12.2. The zero-order valence-electron chi connectivity index (χ0n) is 19.2. The molecule has 0 aliphatic heterocycles. The van der Waals surface area contributed by atoms with Crippen molar-refractivity contribution in [1.29, 1.82) is 0 Å². The second-order valence-electron chi connectivity index (χ2n) is 7.99. The highest BCUT2D eigenvalue weighted by molar-refractivity contribution is 14.0. The second-order valence-corrected chi connectivity index (χ2v) is 7.99. The summed E-state index contributed by atoms with van der Waals surface area (Å²) in [6, 6.07) is 14.2. The average molecular weight is 550 g/mol. The summed E-state index contributed by atoms with van der Waals surface area (Å²) in [6.07, 6.45) is 4.04. The number of aryl methyl sites for hydroxylation is 1. The smallest absolute Gasteiger partial charge is 0.227 e. The topological polar surface area (TPSA) is 74.8 Å². The van der Waals surface area contributed by atoms with Crippen LogP contribution in [0.2, 0.25) is 0 Å². The Labute approximate surface area is 208 Å². The Morgan fingerprint density at radius 2 is 1.94 bits per heavy atom. The van der Waals surface area contributed by atoms with Crippen LogP contribution in [0.5, 0.6) is 5.75 Å². The van der Waals surface area contributed by atoms with E-state index in [1.807, 2.05) is 31.2 Å². The standard InChI is InChI=1S/C25H34N4O2.HI/c1-4-26-25(27-14-13-19-12-11-18(2)23(16-19)31-3)28-17-20-7-5-10-22(15-20)29-24(30)21-8-6-9-21;/h5,7,10-12,15-16,21H,4,6,8-9,13-14,17H2,1-3H3,(H,29,30)(H2,26,27,28);1H. The summed E-state index contributed by atoms with van der Waals surface area (Å²) in [4.78, 5) is 16.9. The Bertz CT molecular complexity index is 913. The van der Waals surface area contributed by atoms with Crippen LogP contribution in [0.4, 0.5) is 5.69 Å². The van der Waals surface area contributed by atoms with Crippen LogP contribution in [0.3, 0.4) is 0 Å². The minimum Gasteiger partial charge on any atom is -0.496 e. The van der Waals surface area contributed by atoms with Crippen molar-refractivity contribution in [3.05, 3.63) is 59.2 Å². The van der Waals surface area contributed by atoms with Crippen LogP contribution in [0.15, 0.2) is 47.5 Å². The molecule has 2 aromatic carbocycles. The molecule has 6 nitrogen and oxygen atoms in total. The number of rotatable bonds is 9. The first kappa shape index (κ1) is 26.0. The summed E-state index contributed by atoms with van der Waals surface area (Å²) in [6.45, 7) is 6.21. The van der Waals surface area contributed by atoms with Crippen molar-refractivity contribution in [3.8, 4) is 5.75 Å². The summed E-state index contributed by atoms with van der Waals surface area (Å²) in [5.74, 6) is 2.02. The van der Waals surface area contributed by atoms with E-state index < -0.39 is 0 Å². The van der Waals surface area contributed by atoms with Crippen molar-refractivity contribution in [2.75, 3.05) is 25.5 Å². The van der Waals surface area contributed by atoms with Gasteiger partial charge in [0.2, 0.25) is 5.91 Å². The second kappa shape index (κ2) is 13.3. The lowest BCUT2D eigenvalue weighted by molar-refractivity contribution is -0.122. The molecule has 174 valence electrons. The predicted octanol–water partition coefficient (Wildman–Crippen LogP) is 4.66. The van der Waals surface area contributed by atoms with Gasteiger partial charge in [-0.15, -0.1) is 24.0 Å². The molecule has 0 radical (unpaired) electrons. The molecule has 0 saturated heterocycles. The SMILES string of the molecule is CCNC(=NCc1cccc(NC(=O)C2CCC2)c1)NCCc1ccc(C)c(OC)c1.I. The minimum absolute atomic E-state index is 0. The molecule has 1 aliphatic rings. The van der Waals surface area contributed by atoms with Crippen LogP contribution in [0, 0.1) is 12.8 Å². The van der Waals surface area contributed by atoms with E-state index in [-0.39, 0.29) is 35.8 Å². The van der Waals surface area contributed by atoms with Gasteiger partial charge >= 0.3 is 0 Å². The Morgan fingerprint density at radius 3 is 2.62 bits per heavy atom. The van der Waals surface area contributed by atoms with Crippen LogP contribution in [-0.4, -0.2) is 32.1 Å². The summed E-state index contributed by atoms with van der Waals surface area (Å²) in [5.41, 5.74) is 4.27. The van der Waals surface area contributed by atoms with Crippen molar-refractivity contribution in [2.24, 2.45) is 10.9 Å². The van der Waals surface area contributed by atoms with Crippen LogP contribution in [-0.2, 0) is 17.8 Å². The summed E-state index contributed by atoms with van der Waals surface area (Å²) >= 11 is 0. The van der Waals surface area contributed by atoms with Gasteiger partial charge in [-0.05, 0) is 68.0 Å². The molecule has 0 heterocycles. The van der Waals surface area contributed by atoms with E-state index >= 15 is 0 Å². The highest BCUT2D eigenvalue weighted by atomic mass is 127. The lowest BCUT2D eigenvalue weighted by atomic mass is 9.85. The van der Waals surface area contributed by atoms with E-state index in [2.05, 4.69) is 41.1 Å². The number of hydrogen-bond donors (Lipinski definition) is 3. The van der Waals surface area contributed by atoms with E-state index in [4.69, 9.17) is 9.73 Å². The third-order valence-electron chi connectivity index (χ3n) is 5.61. The maximum absolute atomic E-state index is 12.2. The third-order valence-corrected chi connectivity index (χ3v) is 5.61. The fourth-order valence-corrected chi connectivity index (χ4v) is 3.52. The molecule has 1 amide bonds. The molecule has 1 aliphatic carbocycles. The van der Waals surface area contributed by atoms with E-state index in [9.17, 15) is 4.79 Å². The van der Waals surface area contributed by atoms with Gasteiger partial charge in [-0.2, -0.15) is 0 Å². The highest BCUT2D eigenvalue weighted by Crippen LogP contribution is 2.27. The lowest BCUT2D eigenvalue weighted by Crippen LogP contribution is -2.38. The predicted molar refractivity (Wildman–Crippen MR) is 142 cm³/mol. The van der Waals surface area contributed by atoms with Crippen LogP contribution >= 0.6 is 24.0 Å². The van der Waals surface area contributed by atoms with Gasteiger partial charge in [0, 0.05) is 24.7 Å². The van der Waals surface area contributed by atoms with Gasteiger partial charge in [-0.25, -0.2) is 4.99 Å². The molecule has 3 N–H and O–H groups in total. The molecule has 1 saturated carbocycles. The van der Waals surface area contributed by atoms with Crippen molar-refractivity contribution in [1.82, 2.24) is 10.6 Å². The number of aliphatic imine (C=N–C) groups is 1. The molecule has 1 fully saturated rings. The first-order valence-corrected chi connectivity index (χ1v) is 11.1. The molecule has 2 aromatic rings. The average Bonchev–Trinajstić information content (AvgIpc) is 2.72. The van der Waals surface area contributed by atoms with Crippen molar-refractivity contribution < 1.29 is 9.53 Å². The number of ether oxygens (including phenoxy) is 1. The summed E-state index contributed by atoms with van der Waals surface area (Å²) in [7, 11) is 1.70. The monoisotopic (exact) mass is 550 g/mol. The number of methoxy groups -OCH3 is 1. The number of nitrogens with zero attached hydrogens (tertiary/aromatic N) is 1. The zero-order valence-corrected chi connectivity index (χ0v) is 21.6. The quantitative estimate of drug-likeness (QED) is 0.241. The number of amides is 1. The Morgan fingerprint density at radius 1 is 1.12 bits per heavy atom. The van der Waals surface area contributed by atoms with Crippen molar-refractivity contribution >= 4 is 41.5 Å². The largest absolute Gasteiger partial charge is 0.496 e. The van der Waals surface area contributed by atoms with Gasteiger partial charge in [0.05, 0.1) is 13.7 Å². The molecular weight excluding hydrogens is 515 g/mol. The van der Waals surface area contributed by atoms with Gasteiger partial charge in [0.25, 0.3) is 0 Å². The minimum atomic E-state index is 0. The fourth-order valence-electron chi connectivity index (χ4n) is 3.52. The Hall–Kier alpha value is -2.29. The number of carbonyl (C=O) groups is 1. The van der Waals surface area contributed by atoms with Crippen molar-refractivity contribution in [3.63, 3.8) is 0 Å². The molecule has 0 bridgehead atoms. The summed E-state index contributed by atoms with van der Waals surface area (Å²) in [5, 5.41) is 9.72. The van der Waals surface area contributed by atoms with E-state index in [1.165, 1.54) is 5.56 Å². The van der Waals surface area contributed by atoms with Crippen LogP contribution in [0.25, 0.3) is 0 Å². The van der Waals surface area contributed by atoms with Crippen LogP contribution in [0.1, 0.15) is 42.9 Å². The number of guanidine groups is 1. The highest BCUT2D eigenvalue weighted by Gasteiger charge is 2.25. The molecule has 3 rings (SSSR count).